The minimum Gasteiger partial charge on any atom is -0.298 e. The fraction of sp³-hybridized carbons (Fsp3) is 0.286. The molecule has 1 heterocycles. The summed E-state index contributed by atoms with van der Waals surface area (Å²) in [5.41, 5.74) is 0.719. The summed E-state index contributed by atoms with van der Waals surface area (Å²) in [6.07, 6.45) is 1.95. The van der Waals surface area contributed by atoms with Gasteiger partial charge in [0.15, 0.2) is 0 Å². The minimum absolute atomic E-state index is 0.116. The lowest BCUT2D eigenvalue weighted by Gasteiger charge is -1.93. The molecule has 11 heavy (non-hydrogen) atoms. The van der Waals surface area contributed by atoms with Crippen LogP contribution in [-0.4, -0.2) is 21.3 Å². The Kier molecular flexibility index (Phi) is 3.16. The zero-order chi connectivity index (χ0) is 8.10. The highest BCUT2D eigenvalue weighted by Gasteiger charge is 2.01. The number of Topliss-reactive ketones (excluding diaryl/α,β-unsaturated/α-hetero) is 1. The molecule has 3 nitrogen and oxygen atoms in total. The maximum Gasteiger partial charge on any atom is 0.149 e. The van der Waals surface area contributed by atoms with E-state index in [9.17, 15) is 4.79 Å². The van der Waals surface area contributed by atoms with Crippen LogP contribution in [0.2, 0.25) is 0 Å². The number of alkyl halides is 1. The molecule has 0 N–H and O–H groups in total. The van der Waals surface area contributed by atoms with E-state index in [1.54, 1.807) is 18.3 Å². The van der Waals surface area contributed by atoms with Gasteiger partial charge in [-0.3, -0.25) is 4.79 Å². The maximum atomic E-state index is 10.9. The van der Waals surface area contributed by atoms with Crippen molar-refractivity contribution in [1.82, 2.24) is 10.2 Å². The van der Waals surface area contributed by atoms with E-state index in [1.165, 1.54) is 0 Å². The zero-order valence-corrected chi connectivity index (χ0v) is 7.41. The highest BCUT2D eigenvalue weighted by Crippen LogP contribution is 1.95. The van der Waals surface area contributed by atoms with Crippen LogP contribution in [0.1, 0.15) is 5.69 Å². The highest BCUT2D eigenvalue weighted by molar-refractivity contribution is 9.09. The lowest BCUT2D eigenvalue weighted by Crippen LogP contribution is -2.05. The van der Waals surface area contributed by atoms with Crippen molar-refractivity contribution in [3.8, 4) is 0 Å². The smallest absolute Gasteiger partial charge is 0.149 e. The molecule has 0 aliphatic heterocycles. The van der Waals surface area contributed by atoms with Gasteiger partial charge in [-0.2, -0.15) is 10.2 Å². The van der Waals surface area contributed by atoms with E-state index in [4.69, 9.17) is 0 Å². The zero-order valence-electron chi connectivity index (χ0n) is 5.83. The second kappa shape index (κ2) is 4.18. The van der Waals surface area contributed by atoms with Gasteiger partial charge in [-0.05, 0) is 12.1 Å². The van der Waals surface area contributed by atoms with Gasteiger partial charge in [-0.15, -0.1) is 0 Å². The lowest BCUT2D eigenvalue weighted by atomic mass is 10.2. The largest absolute Gasteiger partial charge is 0.298 e. The number of halogens is 1. The topological polar surface area (TPSA) is 42.9 Å². The second-order valence-electron chi connectivity index (χ2n) is 2.06. The molecule has 58 valence electrons. The first-order valence-electron chi connectivity index (χ1n) is 3.17. The number of carbonyl (C=O) groups is 1. The predicted octanol–water partition coefficient (Wildman–Crippen LogP) is 0.983. The number of aromatic nitrogens is 2. The van der Waals surface area contributed by atoms with Gasteiger partial charge in [0.25, 0.3) is 0 Å². The molecule has 0 atom stereocenters. The van der Waals surface area contributed by atoms with Crippen LogP contribution >= 0.6 is 15.9 Å². The normalized spacial score (nSPS) is 9.55. The Labute approximate surface area is 73.0 Å². The van der Waals surface area contributed by atoms with Gasteiger partial charge in [0.2, 0.25) is 0 Å². The van der Waals surface area contributed by atoms with Crippen LogP contribution in [0.5, 0.6) is 0 Å². The van der Waals surface area contributed by atoms with Crippen molar-refractivity contribution < 1.29 is 4.79 Å². The third-order valence-corrected chi connectivity index (χ3v) is 1.78. The average molecular weight is 215 g/mol. The number of rotatable bonds is 3. The molecule has 0 saturated heterocycles. The average Bonchev–Trinajstić information content (AvgIpc) is 2.06. The number of ketones is 1. The van der Waals surface area contributed by atoms with Crippen molar-refractivity contribution in [1.29, 1.82) is 0 Å². The van der Waals surface area contributed by atoms with Crippen LogP contribution in [0.15, 0.2) is 18.3 Å². The van der Waals surface area contributed by atoms with E-state index >= 15 is 0 Å². The highest BCUT2D eigenvalue weighted by atomic mass is 79.9. The molecular weight excluding hydrogens is 208 g/mol. The summed E-state index contributed by atoms with van der Waals surface area (Å²) >= 11 is 3.07. The second-order valence-corrected chi connectivity index (χ2v) is 2.62. The van der Waals surface area contributed by atoms with Crippen molar-refractivity contribution in [2.75, 3.05) is 5.33 Å². The third-order valence-electron chi connectivity index (χ3n) is 1.15. The number of hydrogen-bond donors (Lipinski definition) is 0. The summed E-state index contributed by atoms with van der Waals surface area (Å²) < 4.78 is 0. The van der Waals surface area contributed by atoms with Crippen molar-refractivity contribution in [3.05, 3.63) is 24.0 Å². The molecule has 1 rings (SSSR count). The summed E-state index contributed by atoms with van der Waals surface area (Å²) in [6, 6.07) is 3.55. The van der Waals surface area contributed by atoms with Crippen LogP contribution in [0.4, 0.5) is 0 Å². The first kappa shape index (κ1) is 8.33. The van der Waals surface area contributed by atoms with Crippen LogP contribution in [-0.2, 0) is 11.2 Å². The monoisotopic (exact) mass is 214 g/mol. The Hall–Kier alpha value is -0.770. The molecular formula is C7H7BrN2O. The van der Waals surface area contributed by atoms with Crippen molar-refractivity contribution in [2.24, 2.45) is 0 Å². The number of hydrogen-bond acceptors (Lipinski definition) is 3. The molecule has 0 amide bonds. The Morgan fingerprint density at radius 1 is 1.64 bits per heavy atom. The predicted molar refractivity (Wildman–Crippen MR) is 44.5 cm³/mol. The molecule has 0 aliphatic carbocycles. The van der Waals surface area contributed by atoms with Gasteiger partial charge in [0.1, 0.15) is 5.78 Å². The van der Waals surface area contributed by atoms with E-state index in [0.29, 0.717) is 11.8 Å². The van der Waals surface area contributed by atoms with Gasteiger partial charge < -0.3 is 0 Å². The van der Waals surface area contributed by atoms with Crippen molar-refractivity contribution >= 4 is 21.7 Å². The van der Waals surface area contributed by atoms with Crippen molar-refractivity contribution in [2.45, 2.75) is 6.42 Å². The van der Waals surface area contributed by atoms with Gasteiger partial charge in [0.05, 0.1) is 17.4 Å². The fourth-order valence-electron chi connectivity index (χ4n) is 0.677. The van der Waals surface area contributed by atoms with E-state index < -0.39 is 0 Å². The third kappa shape index (κ3) is 2.76. The van der Waals surface area contributed by atoms with Gasteiger partial charge in [-0.1, -0.05) is 15.9 Å². The molecule has 0 saturated carbocycles. The summed E-state index contributed by atoms with van der Waals surface area (Å²) in [6.45, 7) is 0. The van der Waals surface area contributed by atoms with E-state index in [0.717, 1.165) is 5.69 Å². The van der Waals surface area contributed by atoms with Crippen LogP contribution < -0.4 is 0 Å². The SMILES string of the molecule is O=C(CBr)Cc1cccnn1. The number of nitrogens with zero attached hydrogens (tertiary/aromatic N) is 2. The molecule has 0 aromatic carbocycles. The Morgan fingerprint density at radius 3 is 3.00 bits per heavy atom. The number of carbonyl (C=O) groups excluding carboxylic acids is 1. The van der Waals surface area contributed by atoms with Crippen molar-refractivity contribution in [3.63, 3.8) is 0 Å². The molecule has 4 heteroatoms. The van der Waals surface area contributed by atoms with Crippen LogP contribution in [0, 0.1) is 0 Å². The Bertz CT molecular complexity index is 237. The molecule has 0 radical (unpaired) electrons. The maximum absolute atomic E-state index is 10.9. The molecule has 1 aromatic heterocycles. The minimum atomic E-state index is 0.116. The summed E-state index contributed by atoms with van der Waals surface area (Å²) in [7, 11) is 0. The molecule has 0 unspecified atom stereocenters. The molecule has 0 aliphatic rings. The molecule has 0 bridgehead atoms. The lowest BCUT2D eigenvalue weighted by molar-refractivity contribution is -0.115. The van der Waals surface area contributed by atoms with Crippen LogP contribution in [0.25, 0.3) is 0 Å². The first-order chi connectivity index (χ1) is 5.33. The van der Waals surface area contributed by atoms with E-state index in [1.807, 2.05) is 0 Å². The van der Waals surface area contributed by atoms with Gasteiger partial charge >= 0.3 is 0 Å². The summed E-state index contributed by atoms with van der Waals surface area (Å²) in [5, 5.41) is 7.81. The quantitative estimate of drug-likeness (QED) is 0.706. The van der Waals surface area contributed by atoms with E-state index in [-0.39, 0.29) is 5.78 Å². The Morgan fingerprint density at radius 2 is 2.45 bits per heavy atom. The molecule has 1 aromatic rings. The summed E-state index contributed by atoms with van der Waals surface area (Å²) in [5.74, 6) is 0.116. The van der Waals surface area contributed by atoms with Crippen LogP contribution in [0.3, 0.4) is 0 Å². The van der Waals surface area contributed by atoms with Gasteiger partial charge in [0, 0.05) is 6.20 Å². The fourth-order valence-corrected chi connectivity index (χ4v) is 0.875. The van der Waals surface area contributed by atoms with Gasteiger partial charge in [-0.25, -0.2) is 0 Å². The Balaban J connectivity index is 2.58. The van der Waals surface area contributed by atoms with E-state index in [2.05, 4.69) is 26.1 Å². The first-order valence-corrected chi connectivity index (χ1v) is 4.29. The molecule has 0 fully saturated rings. The summed E-state index contributed by atoms with van der Waals surface area (Å²) in [4.78, 5) is 10.9. The molecule has 0 spiro atoms. The standard InChI is InChI=1S/C7H7BrN2O/c8-5-7(11)4-6-2-1-3-9-10-6/h1-3H,4-5H2.